The molecule has 6 nitrogen and oxygen atoms in total. The van der Waals surface area contributed by atoms with Gasteiger partial charge in [-0.3, -0.25) is 4.79 Å². The summed E-state index contributed by atoms with van der Waals surface area (Å²) >= 11 is 0. The first kappa shape index (κ1) is 17.2. The average molecular weight is 375 g/mol. The van der Waals surface area contributed by atoms with Crippen LogP contribution in [0.4, 0.5) is 5.82 Å². The van der Waals surface area contributed by atoms with Crippen molar-refractivity contribution in [3.05, 3.63) is 53.6 Å². The lowest BCUT2D eigenvalue weighted by molar-refractivity contribution is -0.129. The molecule has 2 aliphatic rings. The van der Waals surface area contributed by atoms with Gasteiger partial charge in [0, 0.05) is 66.4 Å². The van der Waals surface area contributed by atoms with Crippen LogP contribution in [-0.4, -0.2) is 51.9 Å². The Morgan fingerprint density at radius 1 is 1.11 bits per heavy atom. The van der Waals surface area contributed by atoms with Crippen LogP contribution in [0.2, 0.25) is 0 Å². The van der Waals surface area contributed by atoms with Crippen LogP contribution < -0.4 is 4.90 Å². The van der Waals surface area contributed by atoms with Crippen LogP contribution in [0.5, 0.6) is 0 Å². The largest absolute Gasteiger partial charge is 0.361 e. The monoisotopic (exact) mass is 375 g/mol. The van der Waals surface area contributed by atoms with E-state index in [1.807, 2.05) is 25.3 Å². The number of aromatic amines is 1. The number of nitrogens with zero attached hydrogens (tertiary/aromatic N) is 4. The van der Waals surface area contributed by atoms with E-state index in [2.05, 4.69) is 43.8 Å². The van der Waals surface area contributed by atoms with Crippen molar-refractivity contribution in [3.63, 3.8) is 0 Å². The van der Waals surface area contributed by atoms with E-state index >= 15 is 0 Å². The number of para-hydroxylation sites is 1. The Balaban J connectivity index is 1.25. The molecule has 1 aromatic carbocycles. The number of hydrogen-bond donors (Lipinski definition) is 1. The number of nitrogens with one attached hydrogen (secondary N) is 1. The van der Waals surface area contributed by atoms with Crippen molar-refractivity contribution in [2.24, 2.45) is 11.8 Å². The lowest BCUT2D eigenvalue weighted by Gasteiger charge is -2.24. The van der Waals surface area contributed by atoms with Gasteiger partial charge in [-0.15, -0.1) is 0 Å². The highest BCUT2D eigenvalue weighted by Gasteiger charge is 2.42. The van der Waals surface area contributed by atoms with Gasteiger partial charge in [-0.1, -0.05) is 18.2 Å². The minimum atomic E-state index is 0.236. The quantitative estimate of drug-likeness (QED) is 0.764. The van der Waals surface area contributed by atoms with Gasteiger partial charge in [-0.2, -0.15) is 0 Å². The summed E-state index contributed by atoms with van der Waals surface area (Å²) in [5.74, 6) is 2.35. The third-order valence-electron chi connectivity index (χ3n) is 6.46. The fourth-order valence-corrected chi connectivity index (χ4v) is 4.77. The lowest BCUT2D eigenvalue weighted by atomic mass is 10.0. The fourth-order valence-electron chi connectivity index (χ4n) is 4.77. The summed E-state index contributed by atoms with van der Waals surface area (Å²) in [6.45, 7) is 7.77. The number of H-pyrrole nitrogens is 1. The van der Waals surface area contributed by atoms with Crippen LogP contribution in [0, 0.1) is 25.7 Å². The Morgan fingerprint density at radius 3 is 2.64 bits per heavy atom. The zero-order valence-corrected chi connectivity index (χ0v) is 16.4. The molecule has 0 bridgehead atoms. The standard InChI is InChI=1S/C22H25N5O/c1-14-15(2)24-13-25-22(14)27-11-17-9-26(10-18(17)12-27)21(28)7-16-8-23-20-6-4-3-5-19(16)20/h3-6,8,13,17-18,23H,7,9-12H2,1-2H3. The molecule has 1 N–H and O–H groups in total. The summed E-state index contributed by atoms with van der Waals surface area (Å²) in [7, 11) is 0. The van der Waals surface area contributed by atoms with Crippen LogP contribution in [0.15, 0.2) is 36.8 Å². The van der Waals surface area contributed by atoms with E-state index in [-0.39, 0.29) is 5.91 Å². The highest BCUT2D eigenvalue weighted by molar-refractivity contribution is 5.89. The molecule has 1 amide bonds. The second-order valence-corrected chi connectivity index (χ2v) is 8.17. The van der Waals surface area contributed by atoms with Gasteiger partial charge in [0.15, 0.2) is 0 Å². The number of rotatable bonds is 3. The van der Waals surface area contributed by atoms with Gasteiger partial charge in [0.05, 0.1) is 6.42 Å². The first-order chi connectivity index (χ1) is 13.6. The minimum absolute atomic E-state index is 0.236. The third kappa shape index (κ3) is 2.84. The van der Waals surface area contributed by atoms with E-state index in [4.69, 9.17) is 0 Å². The Labute approximate surface area is 164 Å². The highest BCUT2D eigenvalue weighted by atomic mass is 16.2. The molecule has 2 atom stereocenters. The summed E-state index contributed by atoms with van der Waals surface area (Å²) < 4.78 is 0. The second-order valence-electron chi connectivity index (χ2n) is 8.17. The number of amides is 1. The smallest absolute Gasteiger partial charge is 0.227 e. The molecule has 0 saturated carbocycles. The summed E-state index contributed by atoms with van der Waals surface area (Å²) in [6, 6.07) is 8.17. The number of benzene rings is 1. The van der Waals surface area contributed by atoms with Crippen LogP contribution in [0.3, 0.4) is 0 Å². The van der Waals surface area contributed by atoms with Crippen molar-refractivity contribution in [3.8, 4) is 0 Å². The molecule has 6 heteroatoms. The van der Waals surface area contributed by atoms with Crippen molar-refractivity contribution in [2.45, 2.75) is 20.3 Å². The molecule has 5 rings (SSSR count). The summed E-state index contributed by atoms with van der Waals surface area (Å²) in [6.07, 6.45) is 4.10. The molecule has 28 heavy (non-hydrogen) atoms. The van der Waals surface area contributed by atoms with E-state index in [1.54, 1.807) is 6.33 Å². The number of anilines is 1. The van der Waals surface area contributed by atoms with Crippen molar-refractivity contribution < 1.29 is 4.79 Å². The second kappa shape index (κ2) is 6.62. The van der Waals surface area contributed by atoms with Gasteiger partial charge in [0.2, 0.25) is 5.91 Å². The van der Waals surface area contributed by atoms with Gasteiger partial charge < -0.3 is 14.8 Å². The first-order valence-corrected chi connectivity index (χ1v) is 9.96. The predicted molar refractivity (Wildman–Crippen MR) is 109 cm³/mol. The van der Waals surface area contributed by atoms with Crippen molar-refractivity contribution in [1.82, 2.24) is 19.9 Å². The van der Waals surface area contributed by atoms with Crippen LogP contribution in [0.25, 0.3) is 10.9 Å². The number of hydrogen-bond acceptors (Lipinski definition) is 4. The number of aromatic nitrogens is 3. The molecule has 2 unspecified atom stereocenters. The maximum absolute atomic E-state index is 12.9. The Kier molecular flexibility index (Phi) is 4.07. The minimum Gasteiger partial charge on any atom is -0.361 e. The lowest BCUT2D eigenvalue weighted by Crippen LogP contribution is -2.34. The Bertz CT molecular complexity index is 1030. The maximum Gasteiger partial charge on any atom is 0.227 e. The molecular weight excluding hydrogens is 350 g/mol. The van der Waals surface area contributed by atoms with Crippen LogP contribution >= 0.6 is 0 Å². The molecular formula is C22H25N5O. The molecule has 0 aliphatic carbocycles. The summed E-state index contributed by atoms with van der Waals surface area (Å²) in [5.41, 5.74) is 4.38. The maximum atomic E-state index is 12.9. The molecule has 4 heterocycles. The molecule has 2 saturated heterocycles. The molecule has 2 aliphatic heterocycles. The third-order valence-corrected chi connectivity index (χ3v) is 6.46. The zero-order valence-electron chi connectivity index (χ0n) is 16.4. The summed E-state index contributed by atoms with van der Waals surface area (Å²) in [5, 5.41) is 1.15. The molecule has 0 spiro atoms. The van der Waals surface area contributed by atoms with Crippen molar-refractivity contribution in [1.29, 1.82) is 0 Å². The Hall–Kier alpha value is -2.89. The predicted octanol–water partition coefficient (Wildman–Crippen LogP) is 2.71. The van der Waals surface area contributed by atoms with Gasteiger partial charge in [-0.05, 0) is 25.5 Å². The van der Waals surface area contributed by atoms with Gasteiger partial charge in [0.25, 0.3) is 0 Å². The fraction of sp³-hybridized carbons (Fsp3) is 0.409. The van der Waals surface area contributed by atoms with Gasteiger partial charge in [0.1, 0.15) is 12.1 Å². The van der Waals surface area contributed by atoms with Gasteiger partial charge in [-0.25, -0.2) is 9.97 Å². The van der Waals surface area contributed by atoms with E-state index in [1.165, 1.54) is 0 Å². The van der Waals surface area contributed by atoms with Crippen molar-refractivity contribution in [2.75, 3.05) is 31.1 Å². The number of likely N-dealkylation sites (tertiary alicyclic amines) is 1. The zero-order chi connectivity index (χ0) is 19.3. The molecule has 2 aromatic heterocycles. The van der Waals surface area contributed by atoms with Crippen LogP contribution in [0.1, 0.15) is 16.8 Å². The van der Waals surface area contributed by atoms with E-state index in [0.29, 0.717) is 18.3 Å². The van der Waals surface area contributed by atoms with Gasteiger partial charge >= 0.3 is 0 Å². The number of aryl methyl sites for hydroxylation is 1. The number of carbonyl (C=O) groups is 1. The van der Waals surface area contributed by atoms with E-state index < -0.39 is 0 Å². The molecule has 3 aromatic rings. The summed E-state index contributed by atoms with van der Waals surface area (Å²) in [4.78, 5) is 29.4. The SMILES string of the molecule is Cc1ncnc(N2CC3CN(C(=O)Cc4c[nH]c5ccccc45)CC3C2)c1C. The normalized spacial score (nSPS) is 21.5. The topological polar surface area (TPSA) is 65.1 Å². The van der Waals surface area contributed by atoms with E-state index in [9.17, 15) is 4.79 Å². The first-order valence-electron chi connectivity index (χ1n) is 9.96. The molecule has 2 fully saturated rings. The van der Waals surface area contributed by atoms with Crippen LogP contribution in [-0.2, 0) is 11.2 Å². The molecule has 144 valence electrons. The number of fused-ring (bicyclic) bond motifs is 2. The highest BCUT2D eigenvalue weighted by Crippen LogP contribution is 2.35. The van der Waals surface area contributed by atoms with E-state index in [0.717, 1.165) is 59.7 Å². The van der Waals surface area contributed by atoms with Crippen molar-refractivity contribution >= 4 is 22.6 Å². The number of carbonyl (C=O) groups excluding carboxylic acids is 1. The average Bonchev–Trinajstić information content (AvgIpc) is 3.37. The Morgan fingerprint density at radius 2 is 1.86 bits per heavy atom. The molecule has 0 radical (unpaired) electrons.